The molecule has 1 aromatic rings. The van der Waals surface area contributed by atoms with Gasteiger partial charge in [-0.3, -0.25) is 0 Å². The second kappa shape index (κ2) is 6.08. The van der Waals surface area contributed by atoms with E-state index >= 15 is 0 Å². The third-order valence-electron chi connectivity index (χ3n) is 1.78. The summed E-state index contributed by atoms with van der Waals surface area (Å²) in [5, 5.41) is 6.35. The molecule has 5 heteroatoms. The Bertz CT molecular complexity index is 261. The lowest BCUT2D eigenvalue weighted by Gasteiger charge is -2.13. The molecule has 0 atom stereocenters. The first-order valence-electron chi connectivity index (χ1n) is 4.43. The van der Waals surface area contributed by atoms with Crippen LogP contribution in [0.1, 0.15) is 10.7 Å². The lowest BCUT2D eigenvalue weighted by atomic mass is 10.5. The lowest BCUT2D eigenvalue weighted by Crippen LogP contribution is -2.29. The van der Waals surface area contributed by atoms with Crippen LogP contribution in [0.2, 0.25) is 0 Å². The van der Waals surface area contributed by atoms with Gasteiger partial charge in [-0.05, 0) is 6.92 Å². The van der Waals surface area contributed by atoms with Crippen LogP contribution in [-0.4, -0.2) is 32.0 Å². The van der Waals surface area contributed by atoms with Crippen molar-refractivity contribution in [2.75, 3.05) is 20.8 Å². The van der Waals surface area contributed by atoms with Gasteiger partial charge in [0, 0.05) is 38.4 Å². The van der Waals surface area contributed by atoms with Gasteiger partial charge < -0.3 is 14.8 Å². The summed E-state index contributed by atoms with van der Waals surface area (Å²) in [4.78, 5) is 4.33. The van der Waals surface area contributed by atoms with Gasteiger partial charge in [-0.1, -0.05) is 0 Å². The van der Waals surface area contributed by atoms with Gasteiger partial charge in [-0.25, -0.2) is 4.98 Å². The molecule has 80 valence electrons. The zero-order chi connectivity index (χ0) is 10.4. The maximum Gasteiger partial charge on any atom is 0.169 e. The van der Waals surface area contributed by atoms with Crippen molar-refractivity contribution >= 4 is 11.3 Å². The number of thiazole rings is 1. The van der Waals surface area contributed by atoms with Crippen LogP contribution in [0.5, 0.6) is 0 Å². The van der Waals surface area contributed by atoms with Crippen LogP contribution in [0, 0.1) is 6.92 Å². The SMILES string of the molecule is COC(CNCc1nc(C)cs1)OC. The molecule has 0 aliphatic carbocycles. The Kier molecular flexibility index (Phi) is 5.03. The van der Waals surface area contributed by atoms with E-state index in [1.165, 1.54) is 0 Å². The fourth-order valence-electron chi connectivity index (χ4n) is 1.04. The van der Waals surface area contributed by atoms with Crippen LogP contribution in [-0.2, 0) is 16.0 Å². The minimum atomic E-state index is -0.184. The summed E-state index contributed by atoms with van der Waals surface area (Å²) in [6.45, 7) is 3.43. The van der Waals surface area contributed by atoms with E-state index in [1.807, 2.05) is 12.3 Å². The number of rotatable bonds is 6. The molecule has 0 aromatic carbocycles. The minimum Gasteiger partial charge on any atom is -0.355 e. The zero-order valence-electron chi connectivity index (χ0n) is 8.74. The summed E-state index contributed by atoms with van der Waals surface area (Å²) in [5.41, 5.74) is 1.07. The van der Waals surface area contributed by atoms with Gasteiger partial charge in [-0.15, -0.1) is 11.3 Å². The molecule has 0 fully saturated rings. The number of hydrogen-bond acceptors (Lipinski definition) is 5. The van der Waals surface area contributed by atoms with Crippen molar-refractivity contribution < 1.29 is 9.47 Å². The molecule has 1 heterocycles. The molecule has 0 aliphatic heterocycles. The standard InChI is InChI=1S/C9H16N2O2S/c1-7-6-14-8(11-7)4-10-5-9(12-2)13-3/h6,9-10H,4-5H2,1-3H3. The van der Waals surface area contributed by atoms with Gasteiger partial charge in [0.2, 0.25) is 0 Å². The second-order valence-corrected chi connectivity index (χ2v) is 3.86. The van der Waals surface area contributed by atoms with Gasteiger partial charge >= 0.3 is 0 Å². The molecule has 0 radical (unpaired) electrons. The molecule has 0 aliphatic rings. The van der Waals surface area contributed by atoms with E-state index in [0.717, 1.165) is 17.2 Å². The Hall–Kier alpha value is -0.490. The fourth-order valence-corrected chi connectivity index (χ4v) is 1.79. The Morgan fingerprint density at radius 2 is 2.21 bits per heavy atom. The van der Waals surface area contributed by atoms with E-state index in [-0.39, 0.29) is 6.29 Å². The molecule has 4 nitrogen and oxygen atoms in total. The van der Waals surface area contributed by atoms with E-state index < -0.39 is 0 Å². The highest BCUT2D eigenvalue weighted by Crippen LogP contribution is 2.07. The first kappa shape index (κ1) is 11.6. The van der Waals surface area contributed by atoms with Crippen LogP contribution in [0.25, 0.3) is 0 Å². The Labute approximate surface area is 88.3 Å². The number of hydrogen-bond donors (Lipinski definition) is 1. The number of aryl methyl sites for hydroxylation is 1. The van der Waals surface area contributed by atoms with E-state index in [9.17, 15) is 0 Å². The average molecular weight is 216 g/mol. The van der Waals surface area contributed by atoms with Crippen molar-refractivity contribution in [2.24, 2.45) is 0 Å². The largest absolute Gasteiger partial charge is 0.355 e. The van der Waals surface area contributed by atoms with Crippen LogP contribution in [0.4, 0.5) is 0 Å². The highest BCUT2D eigenvalue weighted by Gasteiger charge is 2.04. The van der Waals surface area contributed by atoms with Crippen LogP contribution in [0.15, 0.2) is 5.38 Å². The first-order chi connectivity index (χ1) is 6.76. The summed E-state index contributed by atoms with van der Waals surface area (Å²) in [6.07, 6.45) is -0.184. The molecule has 14 heavy (non-hydrogen) atoms. The van der Waals surface area contributed by atoms with E-state index in [0.29, 0.717) is 6.54 Å². The average Bonchev–Trinajstić information content (AvgIpc) is 2.59. The van der Waals surface area contributed by atoms with E-state index in [4.69, 9.17) is 9.47 Å². The lowest BCUT2D eigenvalue weighted by molar-refractivity contribution is -0.0989. The van der Waals surface area contributed by atoms with Crippen molar-refractivity contribution in [3.8, 4) is 0 Å². The smallest absolute Gasteiger partial charge is 0.169 e. The molecule has 0 amide bonds. The van der Waals surface area contributed by atoms with E-state index in [1.54, 1.807) is 25.6 Å². The summed E-state index contributed by atoms with van der Waals surface area (Å²) >= 11 is 1.66. The zero-order valence-corrected chi connectivity index (χ0v) is 9.56. The van der Waals surface area contributed by atoms with Crippen LogP contribution < -0.4 is 5.32 Å². The van der Waals surface area contributed by atoms with Gasteiger partial charge in [-0.2, -0.15) is 0 Å². The van der Waals surface area contributed by atoms with Crippen LogP contribution in [0.3, 0.4) is 0 Å². The molecule has 0 bridgehead atoms. The first-order valence-corrected chi connectivity index (χ1v) is 5.31. The van der Waals surface area contributed by atoms with Crippen molar-refractivity contribution in [3.05, 3.63) is 16.1 Å². The van der Waals surface area contributed by atoms with Crippen molar-refractivity contribution in [1.29, 1.82) is 0 Å². The normalized spacial score (nSPS) is 11.1. The molecular weight excluding hydrogens is 200 g/mol. The van der Waals surface area contributed by atoms with Gasteiger partial charge in [0.1, 0.15) is 5.01 Å². The number of aromatic nitrogens is 1. The predicted molar refractivity (Wildman–Crippen MR) is 56.4 cm³/mol. The van der Waals surface area contributed by atoms with Crippen molar-refractivity contribution in [1.82, 2.24) is 10.3 Å². The summed E-state index contributed by atoms with van der Waals surface area (Å²) in [7, 11) is 3.26. The van der Waals surface area contributed by atoms with Crippen LogP contribution >= 0.6 is 11.3 Å². The highest BCUT2D eigenvalue weighted by atomic mass is 32.1. The monoisotopic (exact) mass is 216 g/mol. The second-order valence-electron chi connectivity index (χ2n) is 2.91. The van der Waals surface area contributed by atoms with Gasteiger partial charge in [0.25, 0.3) is 0 Å². The van der Waals surface area contributed by atoms with Crippen molar-refractivity contribution in [2.45, 2.75) is 19.8 Å². The summed E-state index contributed by atoms with van der Waals surface area (Å²) < 4.78 is 10.1. The number of methoxy groups -OCH3 is 2. The highest BCUT2D eigenvalue weighted by molar-refractivity contribution is 7.09. The Morgan fingerprint density at radius 3 is 2.71 bits per heavy atom. The third-order valence-corrected chi connectivity index (χ3v) is 2.75. The summed E-state index contributed by atoms with van der Waals surface area (Å²) in [6, 6.07) is 0. The third kappa shape index (κ3) is 3.71. The minimum absolute atomic E-state index is 0.184. The summed E-state index contributed by atoms with van der Waals surface area (Å²) in [5.74, 6) is 0. The fraction of sp³-hybridized carbons (Fsp3) is 0.667. The quantitative estimate of drug-likeness (QED) is 0.725. The van der Waals surface area contributed by atoms with E-state index in [2.05, 4.69) is 10.3 Å². The molecule has 1 aromatic heterocycles. The molecule has 1 rings (SSSR count). The molecule has 0 unspecified atom stereocenters. The maximum absolute atomic E-state index is 5.04. The maximum atomic E-state index is 5.04. The molecule has 0 saturated carbocycles. The van der Waals surface area contributed by atoms with Gasteiger partial charge in [0.05, 0.1) is 0 Å². The number of ether oxygens (including phenoxy) is 2. The molecule has 1 N–H and O–H groups in total. The number of nitrogens with one attached hydrogen (secondary N) is 1. The molecule has 0 spiro atoms. The predicted octanol–water partition coefficient (Wildman–Crippen LogP) is 1.16. The van der Waals surface area contributed by atoms with Gasteiger partial charge in [0.15, 0.2) is 6.29 Å². The van der Waals surface area contributed by atoms with Crippen molar-refractivity contribution in [3.63, 3.8) is 0 Å². The Morgan fingerprint density at radius 1 is 1.50 bits per heavy atom. The molecule has 0 saturated heterocycles. The Balaban J connectivity index is 2.21. The molecular formula is C9H16N2O2S. The topological polar surface area (TPSA) is 43.4 Å². The number of nitrogens with zero attached hydrogens (tertiary/aromatic N) is 1.